The summed E-state index contributed by atoms with van der Waals surface area (Å²) in [6.07, 6.45) is 0.238. The molecule has 0 fully saturated rings. The molecule has 1 aliphatic rings. The predicted molar refractivity (Wildman–Crippen MR) is 119 cm³/mol. The lowest BCUT2D eigenvalue weighted by molar-refractivity contribution is -0.129. The Labute approximate surface area is 180 Å². The lowest BCUT2D eigenvalue weighted by Crippen LogP contribution is -2.22. The van der Waals surface area contributed by atoms with Crippen LogP contribution in [0.4, 0.5) is 0 Å². The molecule has 30 heavy (non-hydrogen) atoms. The van der Waals surface area contributed by atoms with Crippen LogP contribution in [-0.2, 0) is 11.2 Å². The van der Waals surface area contributed by atoms with Gasteiger partial charge >= 0.3 is 0 Å². The molecule has 0 unspecified atom stereocenters. The summed E-state index contributed by atoms with van der Waals surface area (Å²) >= 11 is 5.99. The van der Waals surface area contributed by atoms with E-state index in [2.05, 4.69) is 5.10 Å². The SMILES string of the molecule is COc1cc2c(cc1OC)C(c1ccc(-c3ccc(Cl)cc3)cc1)=NN(C)C(=O)C2. The Bertz CT molecular complexity index is 1120. The summed E-state index contributed by atoms with van der Waals surface area (Å²) in [5.41, 5.74) is 5.46. The van der Waals surface area contributed by atoms with Crippen LogP contribution in [-0.4, -0.2) is 37.9 Å². The van der Waals surface area contributed by atoms with Gasteiger partial charge in [-0.05, 0) is 41.0 Å². The number of nitrogens with zero attached hydrogens (tertiary/aromatic N) is 2. The zero-order valence-electron chi connectivity index (χ0n) is 17.0. The van der Waals surface area contributed by atoms with Crippen molar-refractivity contribution in [2.24, 2.45) is 5.10 Å². The van der Waals surface area contributed by atoms with E-state index in [1.807, 2.05) is 60.7 Å². The number of fused-ring (bicyclic) bond motifs is 1. The van der Waals surface area contributed by atoms with Crippen LogP contribution in [0.2, 0.25) is 5.02 Å². The minimum Gasteiger partial charge on any atom is -0.493 e. The molecule has 1 aliphatic heterocycles. The molecule has 3 aromatic carbocycles. The minimum atomic E-state index is -0.0868. The number of hydrazone groups is 1. The van der Waals surface area contributed by atoms with Crippen LogP contribution in [0.1, 0.15) is 16.7 Å². The third-order valence-corrected chi connectivity index (χ3v) is 5.40. The van der Waals surface area contributed by atoms with Crippen LogP contribution in [0.3, 0.4) is 0 Å². The van der Waals surface area contributed by atoms with Crippen molar-refractivity contribution in [3.05, 3.63) is 82.4 Å². The number of hydrogen-bond donors (Lipinski definition) is 0. The van der Waals surface area contributed by atoms with E-state index in [0.717, 1.165) is 27.8 Å². The molecule has 1 amide bonds. The van der Waals surface area contributed by atoms with Crippen LogP contribution in [0.25, 0.3) is 11.1 Å². The first-order valence-corrected chi connectivity index (χ1v) is 9.84. The molecule has 4 rings (SSSR count). The van der Waals surface area contributed by atoms with Crippen molar-refractivity contribution in [1.29, 1.82) is 0 Å². The summed E-state index contributed by atoms with van der Waals surface area (Å²) in [4.78, 5) is 12.5. The Morgan fingerprint density at radius 3 is 2.00 bits per heavy atom. The van der Waals surface area contributed by atoms with Gasteiger partial charge in [0.1, 0.15) is 0 Å². The molecule has 152 valence electrons. The van der Waals surface area contributed by atoms with E-state index in [-0.39, 0.29) is 12.3 Å². The topological polar surface area (TPSA) is 51.1 Å². The van der Waals surface area contributed by atoms with Crippen molar-refractivity contribution in [3.8, 4) is 22.6 Å². The lowest BCUT2D eigenvalue weighted by Gasteiger charge is -2.14. The summed E-state index contributed by atoms with van der Waals surface area (Å²) in [6.45, 7) is 0. The highest BCUT2D eigenvalue weighted by Crippen LogP contribution is 2.34. The standard InChI is InChI=1S/C24H21ClN2O3/c1-27-23(28)13-18-12-21(29-2)22(30-3)14-20(18)24(26-27)17-6-4-15(5-7-17)16-8-10-19(25)11-9-16/h4-12,14H,13H2,1-3H3. The Kier molecular flexibility index (Phi) is 5.46. The van der Waals surface area contributed by atoms with Crippen molar-refractivity contribution in [2.45, 2.75) is 6.42 Å². The minimum absolute atomic E-state index is 0.0868. The van der Waals surface area contributed by atoms with E-state index < -0.39 is 0 Å². The maximum atomic E-state index is 12.5. The van der Waals surface area contributed by atoms with Gasteiger partial charge in [-0.1, -0.05) is 48.0 Å². The van der Waals surface area contributed by atoms with Crippen molar-refractivity contribution in [3.63, 3.8) is 0 Å². The molecule has 3 aromatic rings. The summed E-state index contributed by atoms with van der Waals surface area (Å²) in [7, 11) is 4.85. The van der Waals surface area contributed by atoms with Gasteiger partial charge in [0.25, 0.3) is 0 Å². The van der Waals surface area contributed by atoms with Crippen LogP contribution in [0.15, 0.2) is 65.8 Å². The number of ether oxygens (including phenoxy) is 2. The third-order valence-electron chi connectivity index (χ3n) is 5.15. The molecule has 0 saturated carbocycles. The second-order valence-corrected chi connectivity index (χ2v) is 7.43. The Hall–Kier alpha value is -3.31. The molecule has 0 bridgehead atoms. The molecule has 1 heterocycles. The fourth-order valence-corrected chi connectivity index (χ4v) is 3.63. The van der Waals surface area contributed by atoms with E-state index in [4.69, 9.17) is 21.1 Å². The zero-order chi connectivity index (χ0) is 21.3. The summed E-state index contributed by atoms with van der Waals surface area (Å²) in [5, 5.41) is 6.70. The first-order chi connectivity index (χ1) is 14.5. The van der Waals surface area contributed by atoms with Crippen LogP contribution < -0.4 is 9.47 Å². The second-order valence-electron chi connectivity index (χ2n) is 6.99. The molecular formula is C24H21ClN2O3. The van der Waals surface area contributed by atoms with Crippen LogP contribution in [0, 0.1) is 0 Å². The van der Waals surface area contributed by atoms with Gasteiger partial charge in [-0.2, -0.15) is 5.10 Å². The maximum Gasteiger partial charge on any atom is 0.246 e. The lowest BCUT2D eigenvalue weighted by atomic mass is 9.94. The molecule has 0 atom stereocenters. The van der Waals surface area contributed by atoms with Gasteiger partial charge < -0.3 is 9.47 Å². The normalized spacial score (nSPS) is 13.4. The number of likely N-dealkylation sites (N-methyl/N-ethyl adjacent to an activating group) is 1. The fourth-order valence-electron chi connectivity index (χ4n) is 3.50. The largest absolute Gasteiger partial charge is 0.493 e. The Morgan fingerprint density at radius 2 is 1.40 bits per heavy atom. The van der Waals surface area contributed by atoms with Gasteiger partial charge in [-0.3, -0.25) is 4.79 Å². The summed E-state index contributed by atoms with van der Waals surface area (Å²) < 4.78 is 10.9. The van der Waals surface area contributed by atoms with Crippen LogP contribution >= 0.6 is 11.6 Å². The summed E-state index contributed by atoms with van der Waals surface area (Å²) in [6, 6.07) is 19.5. The van der Waals surface area contributed by atoms with Gasteiger partial charge in [-0.15, -0.1) is 0 Å². The molecule has 5 nitrogen and oxygen atoms in total. The molecule has 0 aliphatic carbocycles. The third kappa shape index (κ3) is 3.76. The van der Waals surface area contributed by atoms with E-state index in [1.54, 1.807) is 21.3 Å². The smallest absolute Gasteiger partial charge is 0.246 e. The van der Waals surface area contributed by atoms with E-state index >= 15 is 0 Å². The fraction of sp³-hybridized carbons (Fsp3) is 0.167. The van der Waals surface area contributed by atoms with Gasteiger partial charge in [0.15, 0.2) is 11.5 Å². The first-order valence-electron chi connectivity index (χ1n) is 9.47. The number of benzene rings is 3. The number of hydrogen-bond acceptors (Lipinski definition) is 4. The first kappa shape index (κ1) is 20.0. The maximum absolute atomic E-state index is 12.5. The van der Waals surface area contributed by atoms with Gasteiger partial charge in [-0.25, -0.2) is 5.01 Å². The summed E-state index contributed by atoms with van der Waals surface area (Å²) in [5.74, 6) is 1.10. The van der Waals surface area contributed by atoms with E-state index in [9.17, 15) is 4.79 Å². The molecular weight excluding hydrogens is 400 g/mol. The monoisotopic (exact) mass is 420 g/mol. The highest BCUT2D eigenvalue weighted by molar-refractivity contribution is 6.30. The molecule has 0 spiro atoms. The van der Waals surface area contributed by atoms with Crippen molar-refractivity contribution >= 4 is 23.2 Å². The average molecular weight is 421 g/mol. The second kappa shape index (κ2) is 8.20. The Morgan fingerprint density at radius 1 is 0.867 bits per heavy atom. The highest BCUT2D eigenvalue weighted by Gasteiger charge is 2.24. The number of carbonyl (C=O) groups is 1. The molecule has 0 radical (unpaired) electrons. The van der Waals surface area contributed by atoms with E-state index in [1.165, 1.54) is 5.01 Å². The zero-order valence-corrected chi connectivity index (χ0v) is 17.7. The number of methoxy groups -OCH3 is 2. The molecule has 6 heteroatoms. The van der Waals surface area contributed by atoms with Crippen molar-refractivity contribution < 1.29 is 14.3 Å². The van der Waals surface area contributed by atoms with Crippen molar-refractivity contribution in [1.82, 2.24) is 5.01 Å². The molecule has 0 saturated heterocycles. The number of rotatable bonds is 4. The van der Waals surface area contributed by atoms with Gasteiger partial charge in [0.05, 0.1) is 26.4 Å². The molecule has 0 N–H and O–H groups in total. The Balaban J connectivity index is 1.80. The van der Waals surface area contributed by atoms with Crippen molar-refractivity contribution in [2.75, 3.05) is 21.3 Å². The molecule has 0 aromatic heterocycles. The average Bonchev–Trinajstić information content (AvgIpc) is 2.89. The highest BCUT2D eigenvalue weighted by atomic mass is 35.5. The van der Waals surface area contributed by atoms with Crippen LogP contribution in [0.5, 0.6) is 11.5 Å². The number of amides is 1. The van der Waals surface area contributed by atoms with Gasteiger partial charge in [0, 0.05) is 23.2 Å². The van der Waals surface area contributed by atoms with Gasteiger partial charge in [0.2, 0.25) is 5.91 Å². The van der Waals surface area contributed by atoms with E-state index in [0.29, 0.717) is 22.2 Å². The number of carbonyl (C=O) groups excluding carboxylic acids is 1. The predicted octanol–water partition coefficient (Wildman–Crippen LogP) is 4.79. The number of halogens is 1. The quantitative estimate of drug-likeness (QED) is 0.609.